The third-order valence-corrected chi connectivity index (χ3v) is 8.06. The summed E-state index contributed by atoms with van der Waals surface area (Å²) >= 11 is 0. The Balaban J connectivity index is 1.35. The highest BCUT2D eigenvalue weighted by Crippen LogP contribution is 2.53. The maximum absolute atomic E-state index is 17.0. The number of benzene rings is 2. The van der Waals surface area contributed by atoms with Gasteiger partial charge in [0, 0.05) is 25.8 Å². The number of piperidine rings is 1. The van der Waals surface area contributed by atoms with E-state index in [4.69, 9.17) is 9.73 Å². The van der Waals surface area contributed by atoms with E-state index in [0.29, 0.717) is 19.3 Å². The first kappa shape index (κ1) is 22.9. The van der Waals surface area contributed by atoms with Crippen molar-refractivity contribution in [3.63, 3.8) is 0 Å². The number of ether oxygens (including phenoxy) is 1. The highest BCUT2D eigenvalue weighted by molar-refractivity contribution is 6.10. The molecule has 36 heavy (non-hydrogen) atoms. The second kappa shape index (κ2) is 9.18. The van der Waals surface area contributed by atoms with Crippen molar-refractivity contribution in [3.8, 4) is 5.75 Å². The highest BCUT2D eigenvalue weighted by atomic mass is 19.1. The molecule has 1 unspecified atom stereocenters. The van der Waals surface area contributed by atoms with Crippen molar-refractivity contribution in [1.29, 1.82) is 0 Å². The van der Waals surface area contributed by atoms with Crippen LogP contribution in [0, 0.1) is 5.41 Å². The van der Waals surface area contributed by atoms with E-state index in [1.165, 1.54) is 5.56 Å². The van der Waals surface area contributed by atoms with Gasteiger partial charge in [0.2, 0.25) is 0 Å². The Morgan fingerprint density at radius 1 is 0.917 bits per heavy atom. The van der Waals surface area contributed by atoms with Gasteiger partial charge in [0.1, 0.15) is 11.4 Å². The molecule has 0 amide bonds. The maximum atomic E-state index is 17.0. The first-order valence-corrected chi connectivity index (χ1v) is 12.8. The number of aliphatic imine (C=N–C) groups is 1. The van der Waals surface area contributed by atoms with Gasteiger partial charge in [-0.1, -0.05) is 72.8 Å². The molecule has 2 aliphatic heterocycles. The third-order valence-electron chi connectivity index (χ3n) is 8.06. The van der Waals surface area contributed by atoms with Crippen molar-refractivity contribution in [2.45, 2.75) is 31.5 Å². The Labute approximate surface area is 212 Å². The molecular weight excluding hydrogens is 447 g/mol. The molecule has 2 aromatic rings. The van der Waals surface area contributed by atoms with Crippen LogP contribution in [0.3, 0.4) is 0 Å². The number of rotatable bonds is 6. The molecule has 0 aromatic heterocycles. The number of nitrogens with zero attached hydrogens (tertiary/aromatic N) is 2. The summed E-state index contributed by atoms with van der Waals surface area (Å²) in [4.78, 5) is 7.13. The molecule has 6 rings (SSSR count). The molecule has 1 spiro atoms. The molecule has 4 aliphatic rings. The van der Waals surface area contributed by atoms with Crippen LogP contribution in [0.25, 0.3) is 0 Å². The van der Waals surface area contributed by atoms with Crippen molar-refractivity contribution in [2.24, 2.45) is 10.4 Å². The minimum absolute atomic E-state index is 0.487. The Hall–Kier alpha value is -3.50. The number of hydrogen-bond acceptors (Lipinski definition) is 3. The van der Waals surface area contributed by atoms with Crippen molar-refractivity contribution >= 4 is 5.71 Å². The van der Waals surface area contributed by atoms with Gasteiger partial charge in [0.15, 0.2) is 0 Å². The number of alkyl halides is 1. The molecular formula is C32H31FN2O. The Morgan fingerprint density at radius 3 is 2.44 bits per heavy atom. The summed E-state index contributed by atoms with van der Waals surface area (Å²) in [7, 11) is 1.68. The van der Waals surface area contributed by atoms with Gasteiger partial charge in [-0.05, 0) is 65.3 Å². The van der Waals surface area contributed by atoms with Gasteiger partial charge in [-0.2, -0.15) is 0 Å². The summed E-state index contributed by atoms with van der Waals surface area (Å²) in [5.41, 5.74) is 4.62. The molecule has 4 heteroatoms. The zero-order valence-corrected chi connectivity index (χ0v) is 20.7. The van der Waals surface area contributed by atoms with Crippen LogP contribution in [-0.2, 0) is 13.0 Å². The molecule has 2 aliphatic carbocycles. The van der Waals surface area contributed by atoms with Gasteiger partial charge < -0.3 is 4.74 Å². The lowest BCUT2D eigenvalue weighted by Crippen LogP contribution is -2.45. The Bertz CT molecular complexity index is 1310. The zero-order valence-electron chi connectivity index (χ0n) is 20.7. The molecule has 2 aromatic carbocycles. The second-order valence-electron chi connectivity index (χ2n) is 10.1. The molecule has 2 heterocycles. The largest absolute Gasteiger partial charge is 0.497 e. The summed E-state index contributed by atoms with van der Waals surface area (Å²) in [6.07, 6.45) is 16.1. The van der Waals surface area contributed by atoms with Crippen LogP contribution in [0.15, 0.2) is 119 Å². The SMILES string of the molecule is COc1ccc(CC2=C(C3(F)CCN(Cc4ccccc4)CC3)C=CC3=NC=C4C=CC=CC432)cc1. The normalized spacial score (nSPS) is 24.3. The Kier molecular flexibility index (Phi) is 5.85. The van der Waals surface area contributed by atoms with Gasteiger partial charge >= 0.3 is 0 Å². The number of allylic oxidation sites excluding steroid dienone is 9. The average Bonchev–Trinajstić information content (AvgIpc) is 3.32. The number of methoxy groups -OCH3 is 1. The first-order valence-electron chi connectivity index (χ1n) is 12.8. The van der Waals surface area contributed by atoms with E-state index in [0.717, 1.165) is 53.4 Å². The molecule has 1 fully saturated rings. The predicted octanol–water partition coefficient (Wildman–Crippen LogP) is 6.56. The maximum Gasteiger partial charge on any atom is 0.138 e. The Morgan fingerprint density at radius 2 is 1.69 bits per heavy atom. The van der Waals surface area contributed by atoms with Crippen LogP contribution in [0.4, 0.5) is 4.39 Å². The topological polar surface area (TPSA) is 24.8 Å². The van der Waals surface area contributed by atoms with E-state index in [1.54, 1.807) is 7.11 Å². The van der Waals surface area contributed by atoms with Crippen LogP contribution in [-0.4, -0.2) is 36.5 Å². The zero-order chi connectivity index (χ0) is 24.6. The van der Waals surface area contributed by atoms with Gasteiger partial charge in [-0.25, -0.2) is 4.39 Å². The van der Waals surface area contributed by atoms with Crippen molar-refractivity contribution in [2.75, 3.05) is 20.2 Å². The van der Waals surface area contributed by atoms with Crippen LogP contribution in [0.2, 0.25) is 0 Å². The van der Waals surface area contributed by atoms with E-state index >= 15 is 4.39 Å². The molecule has 1 atom stereocenters. The van der Waals surface area contributed by atoms with Gasteiger partial charge in [-0.3, -0.25) is 9.89 Å². The summed E-state index contributed by atoms with van der Waals surface area (Å²) < 4.78 is 22.4. The minimum atomic E-state index is -1.37. The molecule has 3 nitrogen and oxygen atoms in total. The second-order valence-corrected chi connectivity index (χ2v) is 10.1. The molecule has 0 bridgehead atoms. The lowest BCUT2D eigenvalue weighted by Gasteiger charge is -2.43. The standard InChI is InChI=1S/C32H31FN2O/c1-36-27-12-10-24(11-13-27)21-29-28(14-15-30-32(29)16-6-5-9-26(32)22-34-30)31(33)17-19-35(20-18-31)23-25-7-3-2-4-8-25/h2-16,22H,17-21,23H2,1H3. The van der Waals surface area contributed by atoms with E-state index in [-0.39, 0.29) is 0 Å². The molecule has 1 saturated heterocycles. The summed E-state index contributed by atoms with van der Waals surface area (Å²) in [6, 6.07) is 18.6. The van der Waals surface area contributed by atoms with Crippen LogP contribution in [0.5, 0.6) is 5.75 Å². The first-order chi connectivity index (χ1) is 17.6. The minimum Gasteiger partial charge on any atom is -0.497 e. The van der Waals surface area contributed by atoms with Crippen molar-refractivity contribution in [3.05, 3.63) is 125 Å². The average molecular weight is 479 g/mol. The van der Waals surface area contributed by atoms with Gasteiger partial charge in [0.25, 0.3) is 0 Å². The molecule has 0 N–H and O–H groups in total. The van der Waals surface area contributed by atoms with Crippen LogP contribution < -0.4 is 4.74 Å². The lowest BCUT2D eigenvalue weighted by atomic mass is 9.62. The van der Waals surface area contributed by atoms with E-state index < -0.39 is 11.1 Å². The lowest BCUT2D eigenvalue weighted by molar-refractivity contribution is 0.0849. The monoisotopic (exact) mass is 478 g/mol. The number of likely N-dealkylation sites (tertiary alicyclic amines) is 1. The summed E-state index contributed by atoms with van der Waals surface area (Å²) in [6.45, 7) is 2.35. The fraction of sp³-hybridized carbons (Fsp3) is 0.281. The fourth-order valence-corrected chi connectivity index (χ4v) is 6.06. The smallest absolute Gasteiger partial charge is 0.138 e. The van der Waals surface area contributed by atoms with Crippen LogP contribution >= 0.6 is 0 Å². The van der Waals surface area contributed by atoms with E-state index in [9.17, 15) is 0 Å². The molecule has 182 valence electrons. The quantitative estimate of drug-likeness (QED) is 0.470. The fourth-order valence-electron chi connectivity index (χ4n) is 6.06. The van der Waals surface area contributed by atoms with E-state index in [2.05, 4.69) is 59.5 Å². The van der Waals surface area contributed by atoms with Crippen molar-refractivity contribution < 1.29 is 9.13 Å². The number of hydrogen-bond donors (Lipinski definition) is 0. The van der Waals surface area contributed by atoms with Crippen molar-refractivity contribution in [1.82, 2.24) is 4.90 Å². The third kappa shape index (κ3) is 3.90. The van der Waals surface area contributed by atoms with E-state index in [1.807, 2.05) is 42.6 Å². The summed E-state index contributed by atoms with van der Waals surface area (Å²) in [5.74, 6) is 0.826. The predicted molar refractivity (Wildman–Crippen MR) is 144 cm³/mol. The van der Waals surface area contributed by atoms with Gasteiger partial charge in [-0.15, -0.1) is 0 Å². The highest BCUT2D eigenvalue weighted by Gasteiger charge is 2.49. The van der Waals surface area contributed by atoms with Gasteiger partial charge in [0.05, 0.1) is 18.2 Å². The summed E-state index contributed by atoms with van der Waals surface area (Å²) in [5, 5.41) is 0. The molecule has 0 radical (unpaired) electrons. The van der Waals surface area contributed by atoms with Crippen LogP contribution in [0.1, 0.15) is 24.0 Å². The number of halogens is 1. The molecule has 0 saturated carbocycles.